The van der Waals surface area contributed by atoms with Crippen molar-refractivity contribution in [2.24, 2.45) is 5.16 Å². The molecule has 33 heteroatoms. The number of carbonyl (C=O) groups is 7. The number of aliphatic hydroxyl groups excluding tert-OH is 1. The third-order valence-electron chi connectivity index (χ3n) is 14.1. The maximum absolute atomic E-state index is 14.6. The fraction of sp³-hybridized carbons (Fsp3) is 0.290. The predicted molar refractivity (Wildman–Crippen MR) is 363 cm³/mol. The number of likely N-dealkylation sites (N-methyl/N-ethyl adjacent to an activating group) is 1. The molecule has 27 nitrogen and oxygen atoms in total. The molecule has 1 aromatic carbocycles. The highest BCUT2D eigenvalue weighted by molar-refractivity contribution is 7.15. The Labute approximate surface area is 567 Å². The number of hydrogen-bond donors (Lipinski definition) is 8. The van der Waals surface area contributed by atoms with Crippen molar-refractivity contribution in [2.45, 2.75) is 84.4 Å². The molecule has 5 atom stereocenters. The van der Waals surface area contributed by atoms with Gasteiger partial charge in [-0.2, -0.15) is 0 Å². The first-order valence-electron chi connectivity index (χ1n) is 29.1. The number of allylic oxidation sites excluding steroid dienone is 2. The first-order chi connectivity index (χ1) is 45.4. The molecule has 0 spiro atoms. The summed E-state index contributed by atoms with van der Waals surface area (Å²) in [7, 11) is 3.82. The third kappa shape index (κ3) is 16.4. The van der Waals surface area contributed by atoms with Crippen molar-refractivity contribution >= 4 is 132 Å². The van der Waals surface area contributed by atoms with Crippen LogP contribution in [0, 0.1) is 0 Å². The average molecular weight is 1400 g/mol. The van der Waals surface area contributed by atoms with Gasteiger partial charge in [-0.15, -0.1) is 68.0 Å². The molecule has 9 heterocycles. The molecule has 8 aromatic heterocycles. The number of fused-ring (bicyclic) bond motifs is 12. The zero-order valence-electron chi connectivity index (χ0n) is 52.2. The van der Waals surface area contributed by atoms with Gasteiger partial charge in [0.2, 0.25) is 5.91 Å². The minimum absolute atomic E-state index is 0.000785. The molecule has 1 aliphatic heterocycles. The first kappa shape index (κ1) is 68.5. The zero-order valence-corrected chi connectivity index (χ0v) is 57.1. The van der Waals surface area contributed by atoms with E-state index in [0.717, 1.165) is 62.1 Å². The molecule has 0 saturated heterocycles. The molecule has 9 aromatic rings. The van der Waals surface area contributed by atoms with Crippen LogP contribution in [-0.2, 0) is 19.2 Å². The molecule has 0 fully saturated rings. The summed E-state index contributed by atoms with van der Waals surface area (Å²) in [5.74, 6) is -5.02. The van der Waals surface area contributed by atoms with Gasteiger partial charge in [0.15, 0.2) is 0 Å². The van der Waals surface area contributed by atoms with Crippen molar-refractivity contribution in [2.75, 3.05) is 33.8 Å². The number of nitrogens with one attached hydrogen (secondary N) is 6. The summed E-state index contributed by atoms with van der Waals surface area (Å²) in [6.45, 7) is 11.9. The first-order valence-corrected chi connectivity index (χ1v) is 34.4. The second kappa shape index (κ2) is 30.0. The van der Waals surface area contributed by atoms with E-state index in [1.807, 2.05) is 31.1 Å². The van der Waals surface area contributed by atoms with E-state index in [4.69, 9.17) is 29.5 Å². The normalized spacial score (nSPS) is 17.1. The maximum Gasteiger partial charge on any atom is 0.357 e. The van der Waals surface area contributed by atoms with E-state index in [1.54, 1.807) is 74.2 Å². The third-order valence-corrected chi connectivity index (χ3v) is 19.4. The van der Waals surface area contributed by atoms with Crippen molar-refractivity contribution in [1.82, 2.24) is 76.7 Å². The number of para-hydroxylation sites is 1. The number of pyridine rings is 2. The number of esters is 1. The highest BCUT2D eigenvalue weighted by atomic mass is 32.1. The number of aliphatic hydroxyl groups is 2. The topological polar surface area (TPSA) is 369 Å². The highest BCUT2D eigenvalue weighted by Gasteiger charge is 2.36. The molecule has 0 radical (unpaired) electrons. The fourth-order valence-corrected chi connectivity index (χ4v) is 14.3. The Kier molecular flexibility index (Phi) is 21.6. The lowest BCUT2D eigenvalue weighted by Crippen LogP contribution is -2.52. The van der Waals surface area contributed by atoms with Gasteiger partial charge in [-0.3, -0.25) is 28.8 Å². The van der Waals surface area contributed by atoms with Crippen LogP contribution in [0.4, 0.5) is 0 Å². The van der Waals surface area contributed by atoms with Crippen LogP contribution in [0.5, 0.6) is 0 Å². The summed E-state index contributed by atoms with van der Waals surface area (Å²) in [6, 6.07) is 10.1. The van der Waals surface area contributed by atoms with Gasteiger partial charge in [-0.25, -0.2) is 44.7 Å². The second-order valence-electron chi connectivity index (χ2n) is 22.1. The standard InChI is InChI=1S/C62H62N16O11S6/c1-10-34(49(80)63-22-29(3)77-88-21-20-78(8)9)66-50(81)40-25-92-58(71-40)44-28-93-57(73-44)37-19-17-33-47(65-37)39-23-94-59(68-39)46(31(5)89-61(86)38-18-16-32-14-12-13-15-36(32)64-38)75-52(83)42-27-95-60(72-42)48(62(6,7)87)76-53(84)43-26-91-56(70-43)35(11-2)67-54(85)45(30(4)79)74-51(82)41-24-90-55(33)69-41/h10-19,23-28,30-31,45-46,48,79,87H,20-22H2,1-9H3,(H,63,80)(H,66,81)(H,67,85)(H,74,82)(H,75,83)(H,76,84)/b34-10-,35-11-,77-29+. The van der Waals surface area contributed by atoms with E-state index >= 15 is 0 Å². The van der Waals surface area contributed by atoms with Gasteiger partial charge in [-0.05, 0) is 86.8 Å². The Morgan fingerprint density at radius 2 is 1.32 bits per heavy atom. The summed E-state index contributed by atoms with van der Waals surface area (Å²) in [6.07, 6.45) is 0.445. The van der Waals surface area contributed by atoms with Gasteiger partial charge in [0, 0.05) is 49.8 Å². The molecule has 0 aliphatic carbocycles. The number of amides is 6. The van der Waals surface area contributed by atoms with Crippen molar-refractivity contribution < 1.29 is 53.3 Å². The number of carbonyl (C=O) groups excluding carboxylic acids is 7. The van der Waals surface area contributed by atoms with Gasteiger partial charge >= 0.3 is 5.97 Å². The van der Waals surface area contributed by atoms with E-state index < -0.39 is 77.3 Å². The Balaban J connectivity index is 0.998. The van der Waals surface area contributed by atoms with Gasteiger partial charge in [0.05, 0.1) is 40.9 Å². The zero-order chi connectivity index (χ0) is 67.8. The van der Waals surface area contributed by atoms with Crippen molar-refractivity contribution in [1.29, 1.82) is 0 Å². The van der Waals surface area contributed by atoms with Crippen LogP contribution in [0.3, 0.4) is 0 Å². The number of aromatic nitrogens is 8. The van der Waals surface area contributed by atoms with Crippen molar-refractivity contribution in [3.05, 3.63) is 142 Å². The summed E-state index contributed by atoms with van der Waals surface area (Å²) in [5.41, 5.74) is 0.989. The molecule has 5 unspecified atom stereocenters. The van der Waals surface area contributed by atoms with Gasteiger partial charge < -0.3 is 56.6 Å². The van der Waals surface area contributed by atoms with Crippen LogP contribution >= 0.6 is 68.0 Å². The number of rotatable bonds is 16. The van der Waals surface area contributed by atoms with E-state index in [0.29, 0.717) is 51.3 Å². The quantitative estimate of drug-likeness (QED) is 0.0151. The summed E-state index contributed by atoms with van der Waals surface area (Å²) in [4.78, 5) is 142. The van der Waals surface area contributed by atoms with Crippen molar-refractivity contribution in [3.63, 3.8) is 0 Å². The predicted octanol–water partition coefficient (Wildman–Crippen LogP) is 7.67. The van der Waals surface area contributed by atoms with E-state index in [-0.39, 0.29) is 77.8 Å². The molecule has 0 saturated carbocycles. The minimum Gasteiger partial charge on any atom is -0.455 e. The Morgan fingerprint density at radius 1 is 0.695 bits per heavy atom. The van der Waals surface area contributed by atoms with Crippen LogP contribution in [0.1, 0.15) is 128 Å². The van der Waals surface area contributed by atoms with Gasteiger partial charge in [0.1, 0.15) is 112 Å². The molecular weight excluding hydrogens is 1340 g/mol. The second-order valence-corrected chi connectivity index (χ2v) is 27.3. The Morgan fingerprint density at radius 3 is 2.04 bits per heavy atom. The molecule has 8 bridgehead atoms. The summed E-state index contributed by atoms with van der Waals surface area (Å²) < 4.78 is 6.10. The average Bonchev–Trinajstić information content (AvgIpc) is 1.72. The molecule has 6 amide bonds. The number of ether oxygens (including phenoxy) is 1. The number of benzene rings is 1. The van der Waals surface area contributed by atoms with Crippen LogP contribution in [0.25, 0.3) is 60.0 Å². The van der Waals surface area contributed by atoms with Crippen LogP contribution in [0.15, 0.2) is 104 Å². The molecule has 492 valence electrons. The van der Waals surface area contributed by atoms with Crippen molar-refractivity contribution in [3.8, 4) is 43.4 Å². The maximum atomic E-state index is 14.6. The molecule has 1 aliphatic rings. The van der Waals surface area contributed by atoms with E-state index in [9.17, 15) is 43.8 Å². The van der Waals surface area contributed by atoms with Crippen LogP contribution < -0.4 is 31.9 Å². The number of nitrogens with zero attached hydrogens (tertiary/aromatic N) is 10. The number of thiazole rings is 6. The largest absolute Gasteiger partial charge is 0.455 e. The van der Waals surface area contributed by atoms with Gasteiger partial charge in [0.25, 0.3) is 29.5 Å². The number of oxime groups is 1. The molecule has 95 heavy (non-hydrogen) atoms. The smallest absolute Gasteiger partial charge is 0.357 e. The molecular formula is C62H62N16O11S6. The minimum atomic E-state index is -1.65. The molecule has 8 N–H and O–H groups in total. The van der Waals surface area contributed by atoms with Crippen LogP contribution in [0.2, 0.25) is 0 Å². The van der Waals surface area contributed by atoms with E-state index in [1.165, 1.54) is 66.5 Å². The van der Waals surface area contributed by atoms with E-state index in [2.05, 4.69) is 57.0 Å². The molecule has 10 rings (SSSR count). The Bertz CT molecular complexity index is 4480. The lowest BCUT2D eigenvalue weighted by Gasteiger charge is -2.28. The fourth-order valence-electron chi connectivity index (χ4n) is 9.06. The lowest BCUT2D eigenvalue weighted by atomic mass is 9.99. The lowest BCUT2D eigenvalue weighted by molar-refractivity contribution is -0.124. The summed E-state index contributed by atoms with van der Waals surface area (Å²) in [5, 5.41) is 54.7. The monoisotopic (exact) mass is 1400 g/mol. The van der Waals surface area contributed by atoms with Crippen LogP contribution in [-0.4, -0.2) is 160 Å². The summed E-state index contributed by atoms with van der Waals surface area (Å²) >= 11 is 6.60. The highest BCUT2D eigenvalue weighted by Crippen LogP contribution is 2.39. The number of hydrogen-bond acceptors (Lipinski definition) is 27. The Hall–Kier alpha value is -9.32. The van der Waals surface area contributed by atoms with Gasteiger partial charge in [-0.1, -0.05) is 41.6 Å². The SMILES string of the molecule is C/C=C(\NC(=O)c1csc(-c2csc(-c3ccc4c(n3)-c3csc(n3)C(C(C)OC(=O)c3ccc5ccccc5n3)NC(=O)c3csc(n3)C(C(C)(C)O)NC(=O)c3csc(n3)/C(=C/C)NC(=O)C(C(C)O)NC(=O)c3csc-4n3)n2)n1)C(=O)NC/C(C)=N/OCCN(C)C.